The lowest BCUT2D eigenvalue weighted by molar-refractivity contribution is -0.140. The van der Waals surface area contributed by atoms with Crippen LogP contribution in [0.2, 0.25) is 0 Å². The third kappa shape index (κ3) is 2.85. The van der Waals surface area contributed by atoms with Crippen molar-refractivity contribution in [2.45, 2.75) is 51.0 Å². The van der Waals surface area contributed by atoms with E-state index in [1.54, 1.807) is 17.5 Å². The van der Waals surface area contributed by atoms with Gasteiger partial charge in [0, 0.05) is 7.05 Å². The SMILES string of the molecule is Cc1ncsc1C(=O)N(C)C1(CC(=O)O)CCCCC1. The highest BCUT2D eigenvalue weighted by Crippen LogP contribution is 2.37. The third-order valence-corrected chi connectivity index (χ3v) is 5.14. The molecule has 1 aromatic rings. The van der Waals surface area contributed by atoms with E-state index in [9.17, 15) is 14.7 Å². The Kier molecular flexibility index (Phi) is 4.42. The van der Waals surface area contributed by atoms with Crippen LogP contribution in [-0.2, 0) is 4.79 Å². The Bertz CT molecular complexity index is 506. The van der Waals surface area contributed by atoms with Gasteiger partial charge in [0.05, 0.1) is 23.2 Å². The number of carbonyl (C=O) groups excluding carboxylic acids is 1. The molecule has 0 saturated heterocycles. The van der Waals surface area contributed by atoms with E-state index in [1.807, 2.05) is 6.92 Å². The zero-order valence-corrected chi connectivity index (χ0v) is 12.7. The smallest absolute Gasteiger partial charge is 0.305 e. The minimum atomic E-state index is -0.840. The fourth-order valence-corrected chi connectivity index (χ4v) is 3.77. The second kappa shape index (κ2) is 5.91. The van der Waals surface area contributed by atoms with E-state index in [1.165, 1.54) is 11.3 Å². The Hall–Kier alpha value is -1.43. The first-order valence-electron chi connectivity index (χ1n) is 6.86. The Morgan fingerprint density at radius 3 is 2.55 bits per heavy atom. The summed E-state index contributed by atoms with van der Waals surface area (Å²) in [5, 5.41) is 9.20. The van der Waals surface area contributed by atoms with Gasteiger partial charge in [-0.05, 0) is 19.8 Å². The molecule has 1 saturated carbocycles. The number of amides is 1. The van der Waals surface area contributed by atoms with Crippen molar-refractivity contribution in [1.29, 1.82) is 0 Å². The Morgan fingerprint density at radius 2 is 2.05 bits per heavy atom. The van der Waals surface area contributed by atoms with E-state index >= 15 is 0 Å². The highest BCUT2D eigenvalue weighted by molar-refractivity contribution is 7.11. The Labute approximate surface area is 122 Å². The van der Waals surface area contributed by atoms with Crippen molar-refractivity contribution < 1.29 is 14.7 Å². The number of thiazole rings is 1. The van der Waals surface area contributed by atoms with Gasteiger partial charge in [0.1, 0.15) is 4.88 Å². The number of carboxylic acid groups (broad SMARTS) is 1. The molecule has 1 N–H and O–H groups in total. The number of hydrogen-bond acceptors (Lipinski definition) is 4. The summed E-state index contributed by atoms with van der Waals surface area (Å²) in [6.45, 7) is 1.81. The summed E-state index contributed by atoms with van der Waals surface area (Å²) in [6.07, 6.45) is 4.62. The van der Waals surface area contributed by atoms with Crippen LogP contribution in [-0.4, -0.2) is 39.5 Å². The number of nitrogens with zero attached hydrogens (tertiary/aromatic N) is 2. The first-order chi connectivity index (χ1) is 9.46. The van der Waals surface area contributed by atoms with E-state index in [0.717, 1.165) is 32.1 Å². The average molecular weight is 296 g/mol. The van der Waals surface area contributed by atoms with Crippen molar-refractivity contribution in [1.82, 2.24) is 9.88 Å². The lowest BCUT2D eigenvalue weighted by atomic mass is 9.78. The topological polar surface area (TPSA) is 70.5 Å². The molecule has 2 rings (SSSR count). The normalized spacial score (nSPS) is 17.7. The summed E-state index contributed by atoms with van der Waals surface area (Å²) in [6, 6.07) is 0. The molecule has 110 valence electrons. The van der Waals surface area contributed by atoms with Crippen LogP contribution in [0.4, 0.5) is 0 Å². The standard InChI is InChI=1S/C14H20N2O3S/c1-10-12(20-9-15-10)13(19)16(2)14(8-11(17)18)6-4-3-5-7-14/h9H,3-8H2,1-2H3,(H,17,18). The minimum absolute atomic E-state index is 0.0209. The van der Waals surface area contributed by atoms with Crippen molar-refractivity contribution >= 4 is 23.2 Å². The molecule has 0 aliphatic heterocycles. The van der Waals surface area contributed by atoms with Gasteiger partial charge < -0.3 is 10.0 Å². The number of rotatable bonds is 4. The van der Waals surface area contributed by atoms with Crippen LogP contribution >= 0.6 is 11.3 Å². The fourth-order valence-electron chi connectivity index (χ4n) is 3.00. The van der Waals surface area contributed by atoms with Crippen LogP contribution < -0.4 is 0 Å². The summed E-state index contributed by atoms with van der Waals surface area (Å²) in [4.78, 5) is 30.2. The molecule has 0 unspecified atom stereocenters. The van der Waals surface area contributed by atoms with E-state index in [0.29, 0.717) is 10.6 Å². The van der Waals surface area contributed by atoms with Gasteiger partial charge >= 0.3 is 5.97 Å². The monoisotopic (exact) mass is 296 g/mol. The molecule has 0 spiro atoms. The lowest BCUT2D eigenvalue weighted by Crippen LogP contribution is -2.52. The largest absolute Gasteiger partial charge is 0.481 e. The molecule has 0 radical (unpaired) electrons. The molecule has 20 heavy (non-hydrogen) atoms. The van der Waals surface area contributed by atoms with Crippen molar-refractivity contribution in [2.75, 3.05) is 7.05 Å². The summed E-state index contributed by atoms with van der Waals surface area (Å²) in [5.74, 6) is -0.944. The van der Waals surface area contributed by atoms with Crippen LogP contribution in [0.1, 0.15) is 53.9 Å². The molecule has 1 fully saturated rings. The molecular weight excluding hydrogens is 276 g/mol. The van der Waals surface area contributed by atoms with Gasteiger partial charge in [-0.2, -0.15) is 0 Å². The van der Waals surface area contributed by atoms with Gasteiger partial charge in [-0.15, -0.1) is 11.3 Å². The van der Waals surface area contributed by atoms with Crippen LogP contribution in [0.3, 0.4) is 0 Å². The van der Waals surface area contributed by atoms with E-state index < -0.39 is 11.5 Å². The third-order valence-electron chi connectivity index (χ3n) is 4.22. The molecule has 1 aliphatic carbocycles. The summed E-state index contributed by atoms with van der Waals surface area (Å²) >= 11 is 1.32. The zero-order valence-electron chi connectivity index (χ0n) is 11.9. The fraction of sp³-hybridized carbons (Fsp3) is 0.643. The molecule has 1 aromatic heterocycles. The average Bonchev–Trinajstić information content (AvgIpc) is 2.83. The maximum absolute atomic E-state index is 12.6. The minimum Gasteiger partial charge on any atom is -0.481 e. The predicted molar refractivity (Wildman–Crippen MR) is 77.0 cm³/mol. The molecule has 1 heterocycles. The van der Waals surface area contributed by atoms with Gasteiger partial charge in [0.25, 0.3) is 5.91 Å². The van der Waals surface area contributed by atoms with Gasteiger partial charge in [-0.3, -0.25) is 9.59 Å². The van der Waals surface area contributed by atoms with Gasteiger partial charge in [0.15, 0.2) is 0 Å². The number of aryl methyl sites for hydroxylation is 1. The van der Waals surface area contributed by atoms with Gasteiger partial charge in [-0.1, -0.05) is 19.3 Å². The predicted octanol–water partition coefficient (Wildman–Crippen LogP) is 2.70. The number of carbonyl (C=O) groups is 2. The number of hydrogen-bond donors (Lipinski definition) is 1. The zero-order chi connectivity index (χ0) is 14.8. The summed E-state index contributed by atoms with van der Waals surface area (Å²) in [7, 11) is 1.73. The quantitative estimate of drug-likeness (QED) is 0.927. The van der Waals surface area contributed by atoms with Crippen molar-refractivity contribution in [3.05, 3.63) is 16.1 Å². The lowest BCUT2D eigenvalue weighted by Gasteiger charge is -2.43. The molecule has 1 aliphatic rings. The Balaban J connectivity index is 2.26. The molecular formula is C14H20N2O3S. The second-order valence-electron chi connectivity index (χ2n) is 5.49. The number of aliphatic carboxylic acids is 1. The molecule has 0 bridgehead atoms. The Morgan fingerprint density at radius 1 is 1.40 bits per heavy atom. The highest BCUT2D eigenvalue weighted by Gasteiger charge is 2.41. The van der Waals surface area contributed by atoms with Crippen molar-refractivity contribution in [3.8, 4) is 0 Å². The molecule has 0 atom stereocenters. The second-order valence-corrected chi connectivity index (χ2v) is 6.34. The van der Waals surface area contributed by atoms with E-state index in [4.69, 9.17) is 0 Å². The van der Waals surface area contributed by atoms with E-state index in [-0.39, 0.29) is 12.3 Å². The molecule has 0 aromatic carbocycles. The maximum Gasteiger partial charge on any atom is 0.305 e. The maximum atomic E-state index is 12.6. The first kappa shape index (κ1) is 15.0. The van der Waals surface area contributed by atoms with Crippen molar-refractivity contribution in [3.63, 3.8) is 0 Å². The van der Waals surface area contributed by atoms with Crippen LogP contribution in [0.15, 0.2) is 5.51 Å². The highest BCUT2D eigenvalue weighted by atomic mass is 32.1. The molecule has 5 nitrogen and oxygen atoms in total. The molecule has 1 amide bonds. The summed E-state index contributed by atoms with van der Waals surface area (Å²) in [5.41, 5.74) is 1.83. The summed E-state index contributed by atoms with van der Waals surface area (Å²) < 4.78 is 0. The van der Waals surface area contributed by atoms with Crippen LogP contribution in [0.5, 0.6) is 0 Å². The number of aromatic nitrogens is 1. The van der Waals surface area contributed by atoms with Crippen LogP contribution in [0.25, 0.3) is 0 Å². The van der Waals surface area contributed by atoms with Gasteiger partial charge in [-0.25, -0.2) is 4.98 Å². The molecule has 6 heteroatoms. The number of carboxylic acids is 1. The van der Waals surface area contributed by atoms with Crippen molar-refractivity contribution in [2.24, 2.45) is 0 Å². The van der Waals surface area contributed by atoms with Crippen LogP contribution in [0, 0.1) is 6.92 Å². The first-order valence-corrected chi connectivity index (χ1v) is 7.74. The van der Waals surface area contributed by atoms with Gasteiger partial charge in [0.2, 0.25) is 0 Å². The van der Waals surface area contributed by atoms with E-state index in [2.05, 4.69) is 4.98 Å².